The number of nitrogens with one attached hydrogen (secondary N) is 2. The lowest BCUT2D eigenvalue weighted by molar-refractivity contribution is -0.142. The number of halogens is 2. The number of hydrogen-bond donors (Lipinski definition) is 3. The Balaban J connectivity index is 1.59. The predicted molar refractivity (Wildman–Crippen MR) is 131 cm³/mol. The van der Waals surface area contributed by atoms with Crippen LogP contribution in [0.3, 0.4) is 0 Å². The van der Waals surface area contributed by atoms with Crippen LogP contribution in [0.5, 0.6) is 0 Å². The number of rotatable bonds is 6. The molecule has 2 amide bonds. The molecule has 0 unspecified atom stereocenters. The van der Waals surface area contributed by atoms with Crippen LogP contribution in [0.25, 0.3) is 5.57 Å². The average molecular weight is 483 g/mol. The van der Waals surface area contributed by atoms with E-state index in [0.29, 0.717) is 5.57 Å². The van der Waals surface area contributed by atoms with Crippen molar-refractivity contribution in [2.24, 2.45) is 11.1 Å². The highest BCUT2D eigenvalue weighted by Gasteiger charge is 2.44. The van der Waals surface area contributed by atoms with E-state index in [0.717, 1.165) is 49.7 Å². The first-order chi connectivity index (χ1) is 16.7. The van der Waals surface area contributed by atoms with Gasteiger partial charge in [-0.25, -0.2) is 8.78 Å². The Labute approximate surface area is 204 Å². The molecule has 8 heteroatoms. The van der Waals surface area contributed by atoms with Crippen molar-refractivity contribution in [3.05, 3.63) is 77.4 Å². The minimum Gasteiger partial charge on any atom is -0.353 e. The number of hydrogen-bond acceptors (Lipinski definition) is 4. The molecule has 2 aliphatic rings. The number of benzene rings is 2. The quantitative estimate of drug-likeness (QED) is 0.590. The first-order valence-electron chi connectivity index (χ1n) is 12.0. The van der Waals surface area contributed by atoms with Crippen LogP contribution in [-0.2, 0) is 9.59 Å². The molecule has 0 aromatic heterocycles. The third-order valence-corrected chi connectivity index (χ3v) is 7.04. The zero-order valence-electron chi connectivity index (χ0n) is 20.1. The second-order valence-electron chi connectivity index (χ2n) is 9.83. The van der Waals surface area contributed by atoms with Crippen molar-refractivity contribution in [3.63, 3.8) is 0 Å². The van der Waals surface area contributed by atoms with Gasteiger partial charge in [0.2, 0.25) is 11.8 Å². The molecule has 1 saturated heterocycles. The van der Waals surface area contributed by atoms with Gasteiger partial charge in [-0.3, -0.25) is 9.59 Å². The number of carbonyl (C=O) groups excluding carboxylic acids is 2. The minimum absolute atomic E-state index is 0.0402. The van der Waals surface area contributed by atoms with Crippen molar-refractivity contribution in [2.75, 3.05) is 19.6 Å². The van der Waals surface area contributed by atoms with Crippen LogP contribution < -0.4 is 16.4 Å². The van der Waals surface area contributed by atoms with Crippen LogP contribution in [0.15, 0.2) is 54.6 Å². The fraction of sp³-hybridized carbons (Fsp3) is 0.407. The smallest absolute Gasteiger partial charge is 0.241 e. The molecule has 186 valence electrons. The highest BCUT2D eigenvalue weighted by atomic mass is 19.1. The Morgan fingerprint density at radius 3 is 2.49 bits per heavy atom. The topological polar surface area (TPSA) is 87.5 Å². The fourth-order valence-electron chi connectivity index (χ4n) is 4.64. The van der Waals surface area contributed by atoms with Crippen molar-refractivity contribution < 1.29 is 18.4 Å². The molecule has 1 fully saturated rings. The normalized spacial score (nSPS) is 19.9. The van der Waals surface area contributed by atoms with Crippen molar-refractivity contribution in [2.45, 2.75) is 44.8 Å². The van der Waals surface area contributed by atoms with E-state index in [9.17, 15) is 18.4 Å². The van der Waals surface area contributed by atoms with Gasteiger partial charge in [0.15, 0.2) is 0 Å². The summed E-state index contributed by atoms with van der Waals surface area (Å²) in [6.07, 6.45) is 3.40. The molecule has 2 heterocycles. The predicted octanol–water partition coefficient (Wildman–Crippen LogP) is 3.15. The molecule has 0 radical (unpaired) electrons. The van der Waals surface area contributed by atoms with E-state index in [4.69, 9.17) is 5.73 Å². The summed E-state index contributed by atoms with van der Waals surface area (Å²) in [6, 6.07) is 11.0. The van der Waals surface area contributed by atoms with E-state index in [1.165, 1.54) is 0 Å². The van der Waals surface area contributed by atoms with Gasteiger partial charge < -0.3 is 21.3 Å². The van der Waals surface area contributed by atoms with Gasteiger partial charge in [-0.15, -0.1) is 0 Å². The molecular weight excluding hydrogens is 450 g/mol. The van der Waals surface area contributed by atoms with Crippen LogP contribution >= 0.6 is 0 Å². The molecular formula is C27H32F2N4O2. The Hall–Kier alpha value is -3.10. The van der Waals surface area contributed by atoms with Gasteiger partial charge in [0.25, 0.3) is 0 Å². The maximum Gasteiger partial charge on any atom is 0.241 e. The van der Waals surface area contributed by atoms with Gasteiger partial charge in [-0.1, -0.05) is 36.4 Å². The zero-order valence-corrected chi connectivity index (χ0v) is 20.1. The fourth-order valence-corrected chi connectivity index (χ4v) is 4.64. The van der Waals surface area contributed by atoms with Crippen LogP contribution in [0.2, 0.25) is 0 Å². The van der Waals surface area contributed by atoms with E-state index >= 15 is 0 Å². The van der Waals surface area contributed by atoms with Crippen LogP contribution in [0.1, 0.15) is 43.9 Å². The van der Waals surface area contributed by atoms with Gasteiger partial charge in [0, 0.05) is 18.2 Å². The summed E-state index contributed by atoms with van der Waals surface area (Å²) in [6.45, 7) is 5.04. The molecule has 2 aliphatic heterocycles. The van der Waals surface area contributed by atoms with Gasteiger partial charge in [-0.05, 0) is 69.1 Å². The summed E-state index contributed by atoms with van der Waals surface area (Å²) in [4.78, 5) is 28.4. The second kappa shape index (κ2) is 10.3. The maximum atomic E-state index is 14.6. The lowest BCUT2D eigenvalue weighted by Crippen LogP contribution is -2.58. The summed E-state index contributed by atoms with van der Waals surface area (Å²) in [5.41, 5.74) is 6.69. The first-order valence-corrected chi connectivity index (χ1v) is 12.0. The summed E-state index contributed by atoms with van der Waals surface area (Å²) in [5.74, 6) is -1.82. The number of carbonyl (C=O) groups is 2. The van der Waals surface area contributed by atoms with Gasteiger partial charge in [-0.2, -0.15) is 0 Å². The van der Waals surface area contributed by atoms with Gasteiger partial charge in [0.05, 0.1) is 17.5 Å². The Morgan fingerprint density at radius 1 is 1.11 bits per heavy atom. The standard InChI is InChI=1S/C27H32F2N4O2/c1-27(2,26(35)32-20-10-12-31-13-11-20)24(30)25(34)33-16-18(21-15-19(28)8-9-22(21)29)14-23(33)17-6-4-3-5-7-17/h3-9,14-15,20,23-24,31H,10-13,16,30H2,1-2H3,(H,32,35)/t23-,24+/m0/s1. The minimum atomic E-state index is -1.17. The van der Waals surface area contributed by atoms with E-state index in [2.05, 4.69) is 10.6 Å². The number of nitrogens with two attached hydrogens (primary N) is 1. The zero-order chi connectivity index (χ0) is 25.2. The summed E-state index contributed by atoms with van der Waals surface area (Å²) >= 11 is 0. The average Bonchev–Trinajstić information content (AvgIpc) is 3.31. The van der Waals surface area contributed by atoms with Crippen LogP contribution in [0.4, 0.5) is 8.78 Å². The van der Waals surface area contributed by atoms with Gasteiger partial charge >= 0.3 is 0 Å². The molecule has 0 bridgehead atoms. The van der Waals surface area contributed by atoms with Crippen LogP contribution in [-0.4, -0.2) is 48.4 Å². The monoisotopic (exact) mass is 482 g/mol. The molecule has 0 aliphatic carbocycles. The lowest BCUT2D eigenvalue weighted by atomic mass is 9.82. The molecule has 0 saturated carbocycles. The SMILES string of the molecule is CC(C)(C(=O)NC1CCNCC1)[C@H](N)C(=O)N1CC(c2cc(F)ccc2F)=C[C@H]1c1ccccc1. The molecule has 4 N–H and O–H groups in total. The Bertz CT molecular complexity index is 1110. The lowest BCUT2D eigenvalue weighted by Gasteiger charge is -2.36. The van der Waals surface area contributed by atoms with E-state index in [1.54, 1.807) is 24.8 Å². The molecule has 35 heavy (non-hydrogen) atoms. The summed E-state index contributed by atoms with van der Waals surface area (Å²) in [5, 5.41) is 6.30. The molecule has 2 aromatic rings. The highest BCUT2D eigenvalue weighted by Crippen LogP contribution is 2.37. The summed E-state index contributed by atoms with van der Waals surface area (Å²) in [7, 11) is 0. The number of piperidine rings is 1. The highest BCUT2D eigenvalue weighted by molar-refractivity contribution is 5.94. The molecule has 6 nitrogen and oxygen atoms in total. The van der Waals surface area contributed by atoms with Crippen molar-refractivity contribution in [1.29, 1.82) is 0 Å². The summed E-state index contributed by atoms with van der Waals surface area (Å²) < 4.78 is 28.5. The van der Waals surface area contributed by atoms with Crippen LogP contribution in [0, 0.1) is 17.0 Å². The van der Waals surface area contributed by atoms with E-state index in [-0.39, 0.29) is 24.1 Å². The van der Waals surface area contributed by atoms with Crippen molar-refractivity contribution in [3.8, 4) is 0 Å². The molecule has 2 aromatic carbocycles. The largest absolute Gasteiger partial charge is 0.353 e. The van der Waals surface area contributed by atoms with Crippen molar-refractivity contribution in [1.82, 2.24) is 15.5 Å². The molecule has 4 rings (SSSR count). The van der Waals surface area contributed by atoms with Gasteiger partial charge in [0.1, 0.15) is 11.6 Å². The van der Waals surface area contributed by atoms with Crippen molar-refractivity contribution >= 4 is 17.4 Å². The Kier molecular flexibility index (Phi) is 7.33. The first kappa shape index (κ1) is 25.0. The third-order valence-electron chi connectivity index (χ3n) is 7.04. The second-order valence-corrected chi connectivity index (χ2v) is 9.83. The third kappa shape index (κ3) is 5.28. The molecule has 0 spiro atoms. The number of amides is 2. The molecule has 2 atom stereocenters. The Morgan fingerprint density at radius 2 is 1.80 bits per heavy atom. The van der Waals surface area contributed by atoms with E-state index in [1.807, 2.05) is 30.3 Å². The van der Waals surface area contributed by atoms with E-state index < -0.39 is 35.0 Å². The maximum absolute atomic E-state index is 14.6. The number of nitrogens with zero attached hydrogens (tertiary/aromatic N) is 1.